The van der Waals surface area contributed by atoms with Gasteiger partial charge in [0.2, 0.25) is 5.91 Å². The number of primary amides is 1. The summed E-state index contributed by atoms with van der Waals surface area (Å²) in [6.45, 7) is 3.70. The maximum Gasteiger partial charge on any atom is 0.214 e. The van der Waals surface area contributed by atoms with Gasteiger partial charge in [-0.25, -0.2) is 0 Å². The van der Waals surface area contributed by atoms with Crippen LogP contribution in [0.1, 0.15) is 30.5 Å². The molecule has 0 bridgehead atoms. The summed E-state index contributed by atoms with van der Waals surface area (Å²) >= 11 is 0. The van der Waals surface area contributed by atoms with Gasteiger partial charge >= 0.3 is 0 Å². The molecule has 0 aliphatic rings. The summed E-state index contributed by atoms with van der Waals surface area (Å²) in [6, 6.07) is 17.4. The molecular weight excluding hydrogens is 346 g/mol. The Kier molecular flexibility index (Phi) is 9.88. The lowest BCUT2D eigenvalue weighted by atomic mass is 10.0. The van der Waals surface area contributed by atoms with Crippen LogP contribution >= 0.6 is 0 Å². The van der Waals surface area contributed by atoms with E-state index in [0.717, 1.165) is 22.4 Å². The summed E-state index contributed by atoms with van der Waals surface area (Å²) in [7, 11) is 1.55. The van der Waals surface area contributed by atoms with Crippen LogP contribution in [0, 0.1) is 0 Å². The fourth-order valence-corrected chi connectivity index (χ4v) is 2.16. The van der Waals surface area contributed by atoms with E-state index >= 15 is 0 Å². The topological polar surface area (TPSA) is 107 Å². The zero-order chi connectivity index (χ0) is 20.1. The monoisotopic (exact) mass is 371 g/mol. The van der Waals surface area contributed by atoms with Crippen LogP contribution in [0.2, 0.25) is 0 Å². The van der Waals surface area contributed by atoms with Gasteiger partial charge in [0.05, 0.1) is 12.3 Å². The third kappa shape index (κ3) is 8.15. The second kappa shape index (κ2) is 12.2. The van der Waals surface area contributed by atoms with Gasteiger partial charge < -0.3 is 20.5 Å². The zero-order valence-electron chi connectivity index (χ0n) is 15.8. The predicted octanol–water partition coefficient (Wildman–Crippen LogP) is 2.94. The highest BCUT2D eigenvalue weighted by molar-refractivity contribution is 6.02. The number of hydrogen-bond donors (Lipinski definition) is 2. The molecule has 7 nitrogen and oxygen atoms in total. The zero-order valence-corrected chi connectivity index (χ0v) is 15.8. The van der Waals surface area contributed by atoms with Gasteiger partial charge in [-0.1, -0.05) is 64.9 Å². The van der Waals surface area contributed by atoms with E-state index in [4.69, 9.17) is 14.8 Å². The molecule has 0 aromatic heterocycles. The van der Waals surface area contributed by atoms with Crippen molar-refractivity contribution in [3.05, 3.63) is 71.3 Å². The Hall–Kier alpha value is -3.19. The van der Waals surface area contributed by atoms with Gasteiger partial charge in [0.1, 0.15) is 12.3 Å². The second-order valence-electron chi connectivity index (χ2n) is 5.56. The first-order valence-electron chi connectivity index (χ1n) is 8.25. The smallest absolute Gasteiger partial charge is 0.214 e. The van der Waals surface area contributed by atoms with Crippen LogP contribution < -0.4 is 5.73 Å². The summed E-state index contributed by atoms with van der Waals surface area (Å²) in [5.74, 6) is -0.333. The van der Waals surface area contributed by atoms with Crippen LogP contribution in [0.3, 0.4) is 0 Å². The number of nitrogens with zero attached hydrogens (tertiary/aromatic N) is 2. The predicted molar refractivity (Wildman–Crippen MR) is 105 cm³/mol. The average Bonchev–Trinajstić information content (AvgIpc) is 2.67. The quantitative estimate of drug-likeness (QED) is 0.443. The van der Waals surface area contributed by atoms with E-state index in [-0.39, 0.29) is 19.1 Å². The van der Waals surface area contributed by atoms with Crippen molar-refractivity contribution in [3.63, 3.8) is 0 Å². The highest BCUT2D eigenvalue weighted by Crippen LogP contribution is 2.13. The number of amides is 1. The molecule has 0 fully saturated rings. The van der Waals surface area contributed by atoms with Crippen LogP contribution in [-0.2, 0) is 21.0 Å². The molecule has 2 rings (SSSR count). The van der Waals surface area contributed by atoms with E-state index in [0.29, 0.717) is 5.71 Å². The van der Waals surface area contributed by atoms with Gasteiger partial charge in [0.15, 0.2) is 0 Å². The lowest BCUT2D eigenvalue weighted by Crippen LogP contribution is -2.12. The molecule has 1 amide bonds. The molecule has 0 spiro atoms. The van der Waals surface area contributed by atoms with E-state index in [1.54, 1.807) is 7.11 Å². The highest BCUT2D eigenvalue weighted by Gasteiger charge is 2.10. The number of carbonyl (C=O) groups excluding carboxylic acids is 1. The minimum Gasteiger partial charge on any atom is -0.411 e. The second-order valence-corrected chi connectivity index (χ2v) is 5.56. The third-order valence-electron chi connectivity index (χ3n) is 3.34. The molecule has 0 saturated carbocycles. The first-order chi connectivity index (χ1) is 13.0. The Morgan fingerprint density at radius 2 is 1.67 bits per heavy atom. The molecule has 2 aromatic carbocycles. The standard InChI is InChI=1S/C18H20N2O3.C2H5NO/c1-14(15-8-4-3-5-9-15)20-23-12-16-10-6-7-11-17(16)18(19-21)13-22-2;1-2(3)4/h3-11,21H,12-13H2,1-2H3;1H3,(H2,3,4)/b19-18-,20-14+;. The molecule has 144 valence electrons. The largest absolute Gasteiger partial charge is 0.411 e. The molecule has 0 aliphatic heterocycles. The fourth-order valence-electron chi connectivity index (χ4n) is 2.16. The lowest BCUT2D eigenvalue weighted by molar-refractivity contribution is -0.115. The van der Waals surface area contributed by atoms with Crippen LogP contribution in [0.15, 0.2) is 64.9 Å². The number of methoxy groups -OCH3 is 1. The van der Waals surface area contributed by atoms with Crippen molar-refractivity contribution in [1.82, 2.24) is 0 Å². The van der Waals surface area contributed by atoms with E-state index < -0.39 is 0 Å². The molecule has 0 aliphatic carbocycles. The van der Waals surface area contributed by atoms with Crippen LogP contribution in [0.25, 0.3) is 0 Å². The summed E-state index contributed by atoms with van der Waals surface area (Å²) < 4.78 is 5.05. The van der Waals surface area contributed by atoms with Crippen molar-refractivity contribution < 1.29 is 19.6 Å². The van der Waals surface area contributed by atoms with Crippen LogP contribution in [0.4, 0.5) is 0 Å². The summed E-state index contributed by atoms with van der Waals surface area (Å²) in [5, 5.41) is 16.6. The van der Waals surface area contributed by atoms with Crippen LogP contribution in [-0.4, -0.2) is 36.3 Å². The normalized spacial score (nSPS) is 11.4. The number of oxime groups is 2. The molecule has 0 radical (unpaired) electrons. The van der Waals surface area contributed by atoms with Crippen molar-refractivity contribution in [2.75, 3.05) is 13.7 Å². The molecule has 0 heterocycles. The van der Waals surface area contributed by atoms with Gasteiger partial charge in [0.25, 0.3) is 0 Å². The Balaban J connectivity index is 0.000000828. The van der Waals surface area contributed by atoms with Crippen molar-refractivity contribution in [2.45, 2.75) is 20.5 Å². The molecule has 0 unspecified atom stereocenters. The maximum absolute atomic E-state index is 9.22. The number of rotatable bonds is 7. The van der Waals surface area contributed by atoms with Gasteiger partial charge in [-0.2, -0.15) is 0 Å². The number of nitrogens with two attached hydrogens (primary N) is 1. The maximum atomic E-state index is 9.22. The van der Waals surface area contributed by atoms with Crippen molar-refractivity contribution in [2.24, 2.45) is 16.0 Å². The number of carbonyl (C=O) groups is 1. The fraction of sp³-hybridized carbons (Fsp3) is 0.250. The lowest BCUT2D eigenvalue weighted by Gasteiger charge is -2.10. The van der Waals surface area contributed by atoms with E-state index in [9.17, 15) is 4.79 Å². The Bertz CT molecular complexity index is 770. The van der Waals surface area contributed by atoms with Gasteiger partial charge in [-0.15, -0.1) is 0 Å². The van der Waals surface area contributed by atoms with E-state index in [1.165, 1.54) is 6.92 Å². The van der Waals surface area contributed by atoms with E-state index in [1.807, 2.05) is 61.5 Å². The summed E-state index contributed by atoms with van der Waals surface area (Å²) in [4.78, 5) is 14.7. The van der Waals surface area contributed by atoms with Crippen LogP contribution in [0.5, 0.6) is 0 Å². The molecule has 7 heteroatoms. The Morgan fingerprint density at radius 1 is 1.07 bits per heavy atom. The van der Waals surface area contributed by atoms with Gasteiger partial charge in [0, 0.05) is 25.2 Å². The van der Waals surface area contributed by atoms with E-state index in [2.05, 4.69) is 16.0 Å². The minimum absolute atomic E-state index is 0.222. The molecule has 27 heavy (non-hydrogen) atoms. The van der Waals surface area contributed by atoms with Crippen molar-refractivity contribution >= 4 is 17.3 Å². The first kappa shape index (κ1) is 21.9. The highest BCUT2D eigenvalue weighted by atomic mass is 16.6. The number of hydrogen-bond acceptors (Lipinski definition) is 6. The average molecular weight is 371 g/mol. The van der Waals surface area contributed by atoms with Gasteiger partial charge in [-0.05, 0) is 12.5 Å². The molecule has 0 atom stereocenters. The van der Waals surface area contributed by atoms with Crippen molar-refractivity contribution in [1.29, 1.82) is 0 Å². The summed E-state index contributed by atoms with van der Waals surface area (Å²) in [5.41, 5.74) is 8.40. The first-order valence-corrected chi connectivity index (χ1v) is 8.25. The number of ether oxygens (including phenoxy) is 1. The van der Waals surface area contributed by atoms with Gasteiger partial charge in [-0.3, -0.25) is 4.79 Å². The minimum atomic E-state index is -0.333. The summed E-state index contributed by atoms with van der Waals surface area (Å²) in [6.07, 6.45) is 0. The molecular formula is C20H25N3O4. The SMILES string of the molecule is CC(N)=O.COC/C(=N/O)c1ccccc1CO/N=C(\C)c1ccccc1. The van der Waals surface area contributed by atoms with Crippen molar-refractivity contribution in [3.8, 4) is 0 Å². The molecule has 2 aromatic rings. The molecule has 3 N–H and O–H groups in total. The number of benzene rings is 2. The Morgan fingerprint density at radius 3 is 2.26 bits per heavy atom. The third-order valence-corrected chi connectivity index (χ3v) is 3.34. The Labute approximate surface area is 159 Å². The molecule has 0 saturated heterocycles.